The second-order valence-corrected chi connectivity index (χ2v) is 5.64. The van der Waals surface area contributed by atoms with Crippen molar-refractivity contribution in [2.45, 2.75) is 19.0 Å². The van der Waals surface area contributed by atoms with E-state index in [1.54, 1.807) is 0 Å². The quantitative estimate of drug-likeness (QED) is 0.773. The molecule has 0 saturated carbocycles. The molecular formula is C14H17F3N4O3. The molecule has 2 rings (SSSR count). The third kappa shape index (κ3) is 3.75. The van der Waals surface area contributed by atoms with Gasteiger partial charge in [0.2, 0.25) is 5.91 Å². The molecule has 0 radical (unpaired) electrons. The average Bonchev–Trinajstić information content (AvgIpc) is 2.54. The van der Waals surface area contributed by atoms with E-state index in [4.69, 9.17) is 10.8 Å². The Bertz CT molecular complexity index is 628. The number of halogens is 3. The van der Waals surface area contributed by atoms with Crippen LogP contribution in [0.2, 0.25) is 0 Å². The minimum absolute atomic E-state index is 0.0365. The van der Waals surface area contributed by atoms with E-state index in [1.807, 2.05) is 0 Å². The van der Waals surface area contributed by atoms with E-state index in [0.717, 1.165) is 18.3 Å². The van der Waals surface area contributed by atoms with Gasteiger partial charge in [-0.05, 0) is 25.0 Å². The number of amides is 2. The van der Waals surface area contributed by atoms with Crippen molar-refractivity contribution in [2.24, 2.45) is 11.1 Å². The molecule has 132 valence electrons. The number of hydrogen-bond donors (Lipinski definition) is 3. The maximum atomic E-state index is 12.7. The van der Waals surface area contributed by atoms with Crippen LogP contribution in [0.3, 0.4) is 0 Å². The highest BCUT2D eigenvalue weighted by atomic mass is 19.4. The first-order valence-corrected chi connectivity index (χ1v) is 7.20. The number of likely N-dealkylation sites (tertiary alicyclic amines) is 1. The largest absolute Gasteiger partial charge is 0.465 e. The first kappa shape index (κ1) is 18.0. The van der Waals surface area contributed by atoms with Crippen molar-refractivity contribution in [1.82, 2.24) is 9.88 Å². The van der Waals surface area contributed by atoms with Gasteiger partial charge in [0, 0.05) is 25.8 Å². The molecule has 2 heterocycles. The van der Waals surface area contributed by atoms with Crippen LogP contribution in [0.4, 0.5) is 23.8 Å². The van der Waals surface area contributed by atoms with Crippen LogP contribution in [0, 0.1) is 5.41 Å². The van der Waals surface area contributed by atoms with Crippen LogP contribution in [0.1, 0.15) is 18.4 Å². The van der Waals surface area contributed by atoms with E-state index in [-0.39, 0.29) is 38.3 Å². The summed E-state index contributed by atoms with van der Waals surface area (Å²) in [4.78, 5) is 28.3. The number of rotatable bonds is 3. The molecule has 0 aliphatic carbocycles. The van der Waals surface area contributed by atoms with E-state index in [2.05, 4.69) is 10.3 Å². The fraction of sp³-hybridized carbons (Fsp3) is 0.500. The van der Waals surface area contributed by atoms with Crippen molar-refractivity contribution in [3.05, 3.63) is 23.9 Å². The summed E-state index contributed by atoms with van der Waals surface area (Å²) in [6.07, 6.45) is -4.27. The molecule has 1 saturated heterocycles. The Hall–Kier alpha value is -2.36. The molecular weight excluding hydrogens is 329 g/mol. The third-order valence-electron chi connectivity index (χ3n) is 4.19. The molecule has 1 aromatic heterocycles. The maximum Gasteiger partial charge on any atom is 0.416 e. The third-order valence-corrected chi connectivity index (χ3v) is 4.19. The van der Waals surface area contributed by atoms with Gasteiger partial charge in [-0.2, -0.15) is 13.2 Å². The Labute approximate surface area is 135 Å². The van der Waals surface area contributed by atoms with E-state index in [1.165, 1.54) is 4.90 Å². The molecule has 1 fully saturated rings. The van der Waals surface area contributed by atoms with Gasteiger partial charge in [-0.25, -0.2) is 9.78 Å². The molecule has 0 aromatic carbocycles. The Kier molecular flexibility index (Phi) is 4.97. The molecule has 24 heavy (non-hydrogen) atoms. The highest BCUT2D eigenvalue weighted by Crippen LogP contribution is 2.33. The van der Waals surface area contributed by atoms with Crippen molar-refractivity contribution >= 4 is 17.8 Å². The molecule has 0 unspecified atom stereocenters. The van der Waals surface area contributed by atoms with Gasteiger partial charge in [-0.3, -0.25) is 4.79 Å². The maximum absolute atomic E-state index is 12.7. The lowest BCUT2D eigenvalue weighted by molar-refractivity contribution is -0.137. The number of carbonyl (C=O) groups is 2. The number of nitrogens with one attached hydrogen (secondary N) is 1. The number of nitrogens with two attached hydrogens (primary N) is 1. The predicted molar refractivity (Wildman–Crippen MR) is 78.2 cm³/mol. The second-order valence-electron chi connectivity index (χ2n) is 5.64. The summed E-state index contributed by atoms with van der Waals surface area (Å²) < 4.78 is 38.1. The van der Waals surface area contributed by atoms with Crippen LogP contribution in [0.15, 0.2) is 18.3 Å². The lowest BCUT2D eigenvalue weighted by Gasteiger charge is -2.38. The first-order valence-electron chi connectivity index (χ1n) is 7.20. The topological polar surface area (TPSA) is 109 Å². The van der Waals surface area contributed by atoms with Crippen LogP contribution in [-0.4, -0.2) is 46.6 Å². The molecule has 1 aliphatic heterocycles. The van der Waals surface area contributed by atoms with Crippen LogP contribution < -0.4 is 11.1 Å². The van der Waals surface area contributed by atoms with E-state index < -0.39 is 29.2 Å². The smallest absolute Gasteiger partial charge is 0.416 e. The monoisotopic (exact) mass is 346 g/mol. The van der Waals surface area contributed by atoms with Gasteiger partial charge in [-0.15, -0.1) is 0 Å². The van der Waals surface area contributed by atoms with E-state index in [0.29, 0.717) is 0 Å². The van der Waals surface area contributed by atoms with Crippen LogP contribution in [0.25, 0.3) is 0 Å². The Morgan fingerprint density at radius 2 is 2.00 bits per heavy atom. The zero-order valence-electron chi connectivity index (χ0n) is 12.6. The minimum atomic E-state index is -4.54. The van der Waals surface area contributed by atoms with Crippen molar-refractivity contribution in [2.75, 3.05) is 25.0 Å². The number of carboxylic acid groups (broad SMARTS) is 1. The molecule has 4 N–H and O–H groups in total. The van der Waals surface area contributed by atoms with Crippen molar-refractivity contribution in [3.8, 4) is 0 Å². The molecule has 0 spiro atoms. The normalized spacial score (nSPS) is 17.4. The van der Waals surface area contributed by atoms with E-state index in [9.17, 15) is 22.8 Å². The number of anilines is 1. The summed E-state index contributed by atoms with van der Waals surface area (Å²) in [6.45, 7) is 0.233. The number of alkyl halides is 3. The van der Waals surface area contributed by atoms with Gasteiger partial charge in [0.15, 0.2) is 0 Å². The number of hydrogen-bond acceptors (Lipinski definition) is 4. The summed E-state index contributed by atoms with van der Waals surface area (Å²) in [6, 6.07) is 1.55. The Morgan fingerprint density at radius 3 is 2.50 bits per heavy atom. The summed E-state index contributed by atoms with van der Waals surface area (Å²) in [7, 11) is 0. The highest BCUT2D eigenvalue weighted by Gasteiger charge is 2.41. The fourth-order valence-corrected chi connectivity index (χ4v) is 2.57. The van der Waals surface area contributed by atoms with Crippen molar-refractivity contribution < 1.29 is 27.9 Å². The van der Waals surface area contributed by atoms with Gasteiger partial charge in [0.1, 0.15) is 5.82 Å². The lowest BCUT2D eigenvalue weighted by Crippen LogP contribution is -2.51. The second kappa shape index (κ2) is 6.63. The standard InChI is InChI=1S/C14H17F3N4O3/c15-14(16,17)9-1-4-19-10(7-9)20-11(22)13(8-18)2-5-21(6-3-13)12(23)24/h1,4,7H,2-3,5-6,8,18H2,(H,23,24)(H,19,20,22). The highest BCUT2D eigenvalue weighted by molar-refractivity contribution is 5.95. The number of pyridine rings is 1. The van der Waals surface area contributed by atoms with Crippen LogP contribution in [0.5, 0.6) is 0 Å². The number of piperidine rings is 1. The number of aromatic nitrogens is 1. The summed E-state index contributed by atoms with van der Waals surface area (Å²) >= 11 is 0. The summed E-state index contributed by atoms with van der Waals surface area (Å²) in [5, 5.41) is 11.3. The van der Waals surface area contributed by atoms with Crippen LogP contribution in [-0.2, 0) is 11.0 Å². The number of carbonyl (C=O) groups excluding carboxylic acids is 1. The Morgan fingerprint density at radius 1 is 1.38 bits per heavy atom. The summed E-state index contributed by atoms with van der Waals surface area (Å²) in [5.41, 5.74) is 3.74. The molecule has 10 heteroatoms. The van der Waals surface area contributed by atoms with Gasteiger partial charge in [-0.1, -0.05) is 0 Å². The number of nitrogens with zero attached hydrogens (tertiary/aromatic N) is 2. The SMILES string of the molecule is NCC1(C(=O)Nc2cc(C(F)(F)F)ccn2)CCN(C(=O)O)CC1. The summed E-state index contributed by atoms with van der Waals surface area (Å²) in [5.74, 6) is -0.773. The molecule has 1 aliphatic rings. The van der Waals surface area contributed by atoms with Gasteiger partial charge >= 0.3 is 12.3 Å². The fourth-order valence-electron chi connectivity index (χ4n) is 2.57. The zero-order valence-corrected chi connectivity index (χ0v) is 12.6. The minimum Gasteiger partial charge on any atom is -0.465 e. The zero-order chi connectivity index (χ0) is 18.0. The van der Waals surface area contributed by atoms with Gasteiger partial charge in [0.25, 0.3) is 0 Å². The Balaban J connectivity index is 2.12. The van der Waals surface area contributed by atoms with Crippen molar-refractivity contribution in [3.63, 3.8) is 0 Å². The lowest BCUT2D eigenvalue weighted by atomic mass is 9.77. The van der Waals surface area contributed by atoms with Gasteiger partial charge < -0.3 is 21.1 Å². The average molecular weight is 346 g/mol. The molecule has 2 amide bonds. The van der Waals surface area contributed by atoms with Crippen LogP contribution >= 0.6 is 0 Å². The van der Waals surface area contributed by atoms with Gasteiger partial charge in [0.05, 0.1) is 11.0 Å². The molecule has 0 bridgehead atoms. The molecule has 7 nitrogen and oxygen atoms in total. The molecule has 0 atom stereocenters. The molecule has 1 aromatic rings. The predicted octanol–water partition coefficient (Wildman–Crippen LogP) is 1.76. The van der Waals surface area contributed by atoms with Crippen molar-refractivity contribution in [1.29, 1.82) is 0 Å². The van der Waals surface area contributed by atoms with E-state index >= 15 is 0 Å². The first-order chi connectivity index (χ1) is 11.2.